The van der Waals surface area contributed by atoms with Crippen molar-refractivity contribution < 1.29 is 19.0 Å². The smallest absolute Gasteiger partial charge is 0.449 e. The fourth-order valence-electron chi connectivity index (χ4n) is 1.22. The van der Waals surface area contributed by atoms with Crippen LogP contribution in [-0.2, 0) is 4.94 Å². The summed E-state index contributed by atoms with van der Waals surface area (Å²) in [4.78, 5) is 13.6. The minimum Gasteiger partial charge on any atom is -0.492 e. The van der Waals surface area contributed by atoms with Gasteiger partial charge in [0.05, 0.1) is 12.3 Å². The molecule has 5 nitrogen and oxygen atoms in total. The lowest BCUT2D eigenvalue weighted by Crippen LogP contribution is -2.09. The maximum Gasteiger partial charge on any atom is 0.449 e. The van der Waals surface area contributed by atoms with Gasteiger partial charge in [0.25, 0.3) is 0 Å². The van der Waals surface area contributed by atoms with Gasteiger partial charge < -0.3 is 10.1 Å². The zero-order valence-electron chi connectivity index (χ0n) is 9.04. The molecule has 1 amide bonds. The third-order valence-electron chi connectivity index (χ3n) is 1.87. The maximum atomic E-state index is 11.5. The van der Waals surface area contributed by atoms with Crippen LogP contribution in [-0.4, -0.2) is 19.7 Å². The maximum absolute atomic E-state index is 11.5. The number of carbonyl (C=O) groups is 1. The zero-order chi connectivity index (χ0) is 12.0. The fraction of sp³-hybridized carbons (Fsp3) is 0.300. The lowest BCUT2D eigenvalue weighted by Gasteiger charge is -2.11. The Morgan fingerprint density at radius 3 is 2.81 bits per heavy atom. The van der Waals surface area contributed by atoms with E-state index < -0.39 is 6.09 Å². The molecule has 0 unspecified atom stereocenters. The Morgan fingerprint density at radius 1 is 1.50 bits per heavy atom. The fourth-order valence-corrected chi connectivity index (χ4v) is 1.22. The average Bonchev–Trinajstić information content (AvgIpc) is 2.31. The number of anilines is 2. The van der Waals surface area contributed by atoms with Crippen LogP contribution in [0.4, 0.5) is 20.7 Å². The molecule has 0 aliphatic carbocycles. The van der Waals surface area contributed by atoms with E-state index >= 15 is 0 Å². The molecule has 1 rings (SSSR count). The van der Waals surface area contributed by atoms with E-state index in [0.717, 1.165) is 0 Å². The monoisotopic (exact) mass is 228 g/mol. The number of nitrogens with one attached hydrogen (secondary N) is 2. The normalized spacial score (nSPS) is 9.44. The number of carbonyl (C=O) groups excluding carboxylic acids is 1. The van der Waals surface area contributed by atoms with E-state index in [9.17, 15) is 9.32 Å². The van der Waals surface area contributed by atoms with Gasteiger partial charge in [-0.3, -0.25) is 5.32 Å². The van der Waals surface area contributed by atoms with Crippen LogP contribution in [0.2, 0.25) is 0 Å². The summed E-state index contributed by atoms with van der Waals surface area (Å²) in [5.41, 5.74) is 1.11. The highest BCUT2D eigenvalue weighted by Crippen LogP contribution is 2.27. The van der Waals surface area contributed by atoms with Gasteiger partial charge in [0, 0.05) is 17.3 Å². The summed E-state index contributed by atoms with van der Waals surface area (Å²) in [5.74, 6) is 0.657. The number of hydrogen-bond donors (Lipinski definition) is 2. The number of rotatable bonds is 4. The number of benzene rings is 1. The first kappa shape index (κ1) is 12.1. The lowest BCUT2D eigenvalue weighted by atomic mass is 10.2. The van der Waals surface area contributed by atoms with Gasteiger partial charge in [0.1, 0.15) is 5.75 Å². The molecule has 0 heterocycles. The molecule has 0 bridgehead atoms. The molecule has 16 heavy (non-hydrogen) atoms. The molecule has 0 aliphatic heterocycles. The van der Waals surface area contributed by atoms with Crippen LogP contribution in [0.15, 0.2) is 18.2 Å². The van der Waals surface area contributed by atoms with E-state index in [1.807, 2.05) is 6.92 Å². The second-order valence-corrected chi connectivity index (χ2v) is 2.88. The Labute approximate surface area is 92.4 Å². The van der Waals surface area contributed by atoms with Crippen molar-refractivity contribution in [3.63, 3.8) is 0 Å². The molecule has 0 aliphatic rings. The molecular formula is C10H13FN2O3. The molecule has 2 N–H and O–H groups in total. The van der Waals surface area contributed by atoms with E-state index in [2.05, 4.69) is 15.6 Å². The summed E-state index contributed by atoms with van der Waals surface area (Å²) in [6.07, 6.45) is -1.16. The predicted molar refractivity (Wildman–Crippen MR) is 58.4 cm³/mol. The van der Waals surface area contributed by atoms with Crippen LogP contribution in [0.25, 0.3) is 0 Å². The van der Waals surface area contributed by atoms with Gasteiger partial charge in [-0.2, -0.15) is 0 Å². The third-order valence-corrected chi connectivity index (χ3v) is 1.87. The third kappa shape index (κ3) is 3.01. The van der Waals surface area contributed by atoms with Crippen molar-refractivity contribution in [3.8, 4) is 5.75 Å². The quantitative estimate of drug-likeness (QED) is 0.831. The van der Waals surface area contributed by atoms with Crippen LogP contribution in [0, 0.1) is 0 Å². The van der Waals surface area contributed by atoms with Gasteiger partial charge in [-0.1, -0.05) is 0 Å². The van der Waals surface area contributed by atoms with Crippen LogP contribution in [0.3, 0.4) is 0 Å². The first-order valence-corrected chi connectivity index (χ1v) is 4.75. The summed E-state index contributed by atoms with van der Waals surface area (Å²) in [5, 5.41) is 5.11. The molecule has 0 saturated carbocycles. The molecule has 1 aromatic carbocycles. The van der Waals surface area contributed by atoms with Gasteiger partial charge >= 0.3 is 6.09 Å². The minimum absolute atomic E-state index is 0.412. The highest BCUT2D eigenvalue weighted by atomic mass is 19.3. The van der Waals surface area contributed by atoms with Crippen molar-refractivity contribution in [3.05, 3.63) is 18.2 Å². The summed E-state index contributed by atoms with van der Waals surface area (Å²) in [6, 6.07) is 4.87. The largest absolute Gasteiger partial charge is 0.492 e. The van der Waals surface area contributed by atoms with E-state index in [4.69, 9.17) is 4.74 Å². The summed E-state index contributed by atoms with van der Waals surface area (Å²) >= 11 is 0. The Bertz CT molecular complexity index is 371. The first-order chi connectivity index (χ1) is 7.71. The van der Waals surface area contributed by atoms with E-state index in [-0.39, 0.29) is 0 Å². The molecule has 0 spiro atoms. The number of ether oxygens (including phenoxy) is 1. The van der Waals surface area contributed by atoms with Gasteiger partial charge in [-0.05, 0) is 25.1 Å². The first-order valence-electron chi connectivity index (χ1n) is 4.75. The van der Waals surface area contributed by atoms with Crippen molar-refractivity contribution in [2.24, 2.45) is 0 Å². The van der Waals surface area contributed by atoms with Crippen LogP contribution in [0.5, 0.6) is 5.75 Å². The Kier molecular flexibility index (Phi) is 4.38. The van der Waals surface area contributed by atoms with Gasteiger partial charge in [-0.25, -0.2) is 9.74 Å². The Balaban J connectivity index is 2.86. The van der Waals surface area contributed by atoms with Crippen LogP contribution in [0.1, 0.15) is 6.92 Å². The van der Waals surface area contributed by atoms with E-state index in [1.54, 1.807) is 25.2 Å². The molecule has 1 aromatic rings. The molecule has 0 atom stereocenters. The van der Waals surface area contributed by atoms with Crippen molar-refractivity contribution in [1.29, 1.82) is 0 Å². The second-order valence-electron chi connectivity index (χ2n) is 2.88. The standard InChI is InChI=1S/C10H13FN2O3/c1-3-15-9-5-4-7(6-8(9)12-2)13-10(14)16-11/h4-6,12H,3H2,1-2H3,(H,13,14). The number of halogens is 1. The van der Waals surface area contributed by atoms with Crippen LogP contribution >= 0.6 is 0 Å². The summed E-state index contributed by atoms with van der Waals surface area (Å²) < 4.78 is 16.8. The molecule has 0 radical (unpaired) electrons. The zero-order valence-corrected chi connectivity index (χ0v) is 9.04. The van der Waals surface area contributed by atoms with Crippen LogP contribution < -0.4 is 15.4 Å². The van der Waals surface area contributed by atoms with Gasteiger partial charge in [0.15, 0.2) is 0 Å². The molecule has 0 saturated heterocycles. The van der Waals surface area contributed by atoms with Crippen molar-refractivity contribution in [2.75, 3.05) is 24.3 Å². The topological polar surface area (TPSA) is 59.6 Å². The van der Waals surface area contributed by atoms with Crippen molar-refractivity contribution >= 4 is 17.5 Å². The van der Waals surface area contributed by atoms with Crippen molar-refractivity contribution in [2.45, 2.75) is 6.92 Å². The molecular weight excluding hydrogens is 215 g/mol. The minimum atomic E-state index is -1.16. The van der Waals surface area contributed by atoms with Gasteiger partial charge in [-0.15, -0.1) is 0 Å². The molecule has 88 valence electrons. The predicted octanol–water partition coefficient (Wildman–Crippen LogP) is 2.56. The Morgan fingerprint density at radius 2 is 2.25 bits per heavy atom. The highest BCUT2D eigenvalue weighted by Gasteiger charge is 2.07. The van der Waals surface area contributed by atoms with Crippen molar-refractivity contribution in [1.82, 2.24) is 0 Å². The Hall–Kier alpha value is -1.98. The van der Waals surface area contributed by atoms with E-state index in [1.165, 1.54) is 0 Å². The number of hydrogen-bond acceptors (Lipinski definition) is 4. The molecule has 0 fully saturated rings. The molecule has 0 aromatic heterocycles. The average molecular weight is 228 g/mol. The molecule has 6 heteroatoms. The second kappa shape index (κ2) is 5.79. The highest BCUT2D eigenvalue weighted by molar-refractivity contribution is 5.85. The van der Waals surface area contributed by atoms with Gasteiger partial charge in [0.2, 0.25) is 0 Å². The number of amides is 1. The SMILES string of the molecule is CCOc1ccc(NC(=O)OF)cc1NC. The van der Waals surface area contributed by atoms with E-state index in [0.29, 0.717) is 23.7 Å². The summed E-state index contributed by atoms with van der Waals surface area (Å²) in [7, 11) is 1.72. The summed E-state index contributed by atoms with van der Waals surface area (Å²) in [6.45, 7) is 2.40. The lowest BCUT2D eigenvalue weighted by molar-refractivity contribution is -0.0544.